The molecule has 3 N–H and O–H groups in total. The minimum atomic E-state index is 0.0169. The zero-order chi connectivity index (χ0) is 20.7. The van der Waals surface area contributed by atoms with E-state index in [-0.39, 0.29) is 11.2 Å². The van der Waals surface area contributed by atoms with Crippen LogP contribution in [0.25, 0.3) is 0 Å². The van der Waals surface area contributed by atoms with Gasteiger partial charge in [-0.1, -0.05) is 46.1 Å². The Labute approximate surface area is 174 Å². The number of nitrogens with one attached hydrogen (secondary N) is 2. The molecule has 1 aromatic heterocycles. The quantitative estimate of drug-likeness (QED) is 0.287. The summed E-state index contributed by atoms with van der Waals surface area (Å²) in [5.41, 5.74) is 1.90. The first-order valence-electron chi connectivity index (χ1n) is 10.8. The molecule has 29 heavy (non-hydrogen) atoms. The molecule has 0 spiro atoms. The number of aliphatic imine (C=N–C) groups is 1. The number of rotatable bonds is 6. The second-order valence-electron chi connectivity index (χ2n) is 8.97. The van der Waals surface area contributed by atoms with Crippen molar-refractivity contribution in [3.05, 3.63) is 42.5 Å². The first kappa shape index (κ1) is 21.2. The van der Waals surface area contributed by atoms with Gasteiger partial charge in [-0.05, 0) is 42.4 Å². The Morgan fingerprint density at radius 2 is 2.03 bits per heavy atom. The fourth-order valence-electron chi connectivity index (χ4n) is 3.65. The summed E-state index contributed by atoms with van der Waals surface area (Å²) in [5, 5.41) is 17.4. The number of hydrogen-bond acceptors (Lipinski definition) is 3. The lowest BCUT2D eigenvalue weighted by molar-refractivity contribution is 0.413. The number of anilines is 1. The van der Waals surface area contributed by atoms with E-state index < -0.39 is 0 Å². The molecule has 1 saturated carbocycles. The zero-order valence-electron chi connectivity index (χ0n) is 18.0. The third kappa shape index (κ3) is 6.51. The molecule has 0 amide bonds. The molecule has 0 saturated heterocycles. The van der Waals surface area contributed by atoms with Crippen molar-refractivity contribution in [2.45, 2.75) is 77.3 Å². The summed E-state index contributed by atoms with van der Waals surface area (Å²) in [4.78, 5) is 8.88. The number of benzene rings is 1. The van der Waals surface area contributed by atoms with Gasteiger partial charge in [-0.15, -0.1) is 0 Å². The molecule has 0 unspecified atom stereocenters. The highest BCUT2D eigenvalue weighted by Gasteiger charge is 2.18. The molecule has 3 rings (SSSR count). The highest BCUT2D eigenvalue weighted by Crippen LogP contribution is 2.30. The standard InChI is InChI=1S/C23H35N5O/c1-23(2,3)18-10-11-21(29)20(16-18)27-22(26-19-8-5-4-6-9-19)25-12-7-14-28-15-13-24-17-28/h10-11,13,15-17,19,29H,4-9,12,14H2,1-3H3,(H2,25,26,27). The number of imidazole rings is 1. The van der Waals surface area contributed by atoms with Gasteiger partial charge in [-0.3, -0.25) is 4.99 Å². The molecule has 2 aromatic rings. The van der Waals surface area contributed by atoms with Crippen LogP contribution in [0.2, 0.25) is 0 Å². The van der Waals surface area contributed by atoms with Crippen LogP contribution < -0.4 is 10.6 Å². The van der Waals surface area contributed by atoms with Crippen molar-refractivity contribution in [2.24, 2.45) is 4.99 Å². The van der Waals surface area contributed by atoms with Crippen molar-refractivity contribution in [1.29, 1.82) is 0 Å². The predicted octanol–water partition coefficient (Wildman–Crippen LogP) is 4.67. The van der Waals surface area contributed by atoms with Crippen LogP contribution in [0.15, 0.2) is 41.9 Å². The Hall–Kier alpha value is -2.50. The second kappa shape index (κ2) is 9.81. The Bertz CT molecular complexity index is 786. The number of aromatic hydroxyl groups is 1. The maximum Gasteiger partial charge on any atom is 0.196 e. The van der Waals surface area contributed by atoms with Gasteiger partial charge in [0.05, 0.1) is 12.0 Å². The van der Waals surface area contributed by atoms with E-state index in [0.717, 1.165) is 18.9 Å². The fraction of sp³-hybridized carbons (Fsp3) is 0.565. The van der Waals surface area contributed by atoms with Crippen LogP contribution in [0.1, 0.15) is 64.9 Å². The molecule has 6 heteroatoms. The van der Waals surface area contributed by atoms with Gasteiger partial charge >= 0.3 is 0 Å². The normalized spacial score (nSPS) is 16.0. The third-order valence-corrected chi connectivity index (χ3v) is 5.47. The van der Waals surface area contributed by atoms with Crippen molar-refractivity contribution < 1.29 is 5.11 Å². The summed E-state index contributed by atoms with van der Waals surface area (Å²) in [7, 11) is 0. The molecule has 1 heterocycles. The van der Waals surface area contributed by atoms with Crippen molar-refractivity contribution in [1.82, 2.24) is 14.9 Å². The molecule has 158 valence electrons. The average Bonchev–Trinajstić information content (AvgIpc) is 3.20. The van der Waals surface area contributed by atoms with E-state index in [1.807, 2.05) is 24.7 Å². The average molecular weight is 398 g/mol. The van der Waals surface area contributed by atoms with Gasteiger partial charge in [-0.2, -0.15) is 0 Å². The van der Waals surface area contributed by atoms with Gasteiger partial charge in [-0.25, -0.2) is 4.98 Å². The molecule has 0 radical (unpaired) electrons. The summed E-state index contributed by atoms with van der Waals surface area (Å²) >= 11 is 0. The van der Waals surface area contributed by atoms with Crippen molar-refractivity contribution in [3.8, 4) is 5.75 Å². The minimum absolute atomic E-state index is 0.0169. The van der Waals surface area contributed by atoms with E-state index >= 15 is 0 Å². The van der Waals surface area contributed by atoms with Gasteiger partial charge < -0.3 is 20.3 Å². The number of phenols is 1. The summed E-state index contributed by atoms with van der Waals surface area (Å²) in [5.74, 6) is 0.999. The Morgan fingerprint density at radius 1 is 1.24 bits per heavy atom. The molecule has 1 fully saturated rings. The summed E-state index contributed by atoms with van der Waals surface area (Å²) in [6, 6.07) is 6.22. The lowest BCUT2D eigenvalue weighted by atomic mass is 9.87. The molecule has 0 atom stereocenters. The van der Waals surface area contributed by atoms with Gasteiger partial charge in [0.15, 0.2) is 5.96 Å². The van der Waals surface area contributed by atoms with Crippen LogP contribution in [0, 0.1) is 0 Å². The molecule has 1 aliphatic rings. The molecular weight excluding hydrogens is 362 g/mol. The van der Waals surface area contributed by atoms with Crippen molar-refractivity contribution in [2.75, 3.05) is 11.9 Å². The highest BCUT2D eigenvalue weighted by molar-refractivity contribution is 5.95. The number of hydrogen-bond donors (Lipinski definition) is 3. The monoisotopic (exact) mass is 397 g/mol. The Kier molecular flexibility index (Phi) is 7.18. The number of aromatic nitrogens is 2. The van der Waals surface area contributed by atoms with Gasteiger partial charge in [0.2, 0.25) is 0 Å². The maximum atomic E-state index is 10.4. The lowest BCUT2D eigenvalue weighted by Crippen LogP contribution is -2.40. The fourth-order valence-corrected chi connectivity index (χ4v) is 3.65. The molecule has 0 aliphatic heterocycles. The predicted molar refractivity (Wildman–Crippen MR) is 120 cm³/mol. The van der Waals surface area contributed by atoms with Crippen LogP contribution in [0.4, 0.5) is 5.69 Å². The largest absolute Gasteiger partial charge is 0.506 e. The second-order valence-corrected chi connectivity index (χ2v) is 8.97. The van der Waals surface area contributed by atoms with Crippen molar-refractivity contribution >= 4 is 11.6 Å². The minimum Gasteiger partial charge on any atom is -0.506 e. The summed E-state index contributed by atoms with van der Waals surface area (Å²) in [6.45, 7) is 8.13. The first-order chi connectivity index (χ1) is 13.9. The molecule has 0 bridgehead atoms. The lowest BCUT2D eigenvalue weighted by Gasteiger charge is -2.26. The van der Waals surface area contributed by atoms with Crippen LogP contribution >= 0.6 is 0 Å². The first-order valence-corrected chi connectivity index (χ1v) is 10.8. The number of aryl methyl sites for hydroxylation is 1. The Morgan fingerprint density at radius 3 is 2.72 bits per heavy atom. The summed E-state index contributed by atoms with van der Waals surface area (Å²) < 4.78 is 2.07. The molecular formula is C23H35N5O. The molecule has 1 aromatic carbocycles. The van der Waals surface area contributed by atoms with E-state index in [0.29, 0.717) is 18.3 Å². The van der Waals surface area contributed by atoms with Crippen LogP contribution in [0.5, 0.6) is 5.75 Å². The van der Waals surface area contributed by atoms with E-state index in [1.54, 1.807) is 12.3 Å². The molecule has 1 aliphatic carbocycles. The highest BCUT2D eigenvalue weighted by atomic mass is 16.3. The Balaban J connectivity index is 1.70. The van der Waals surface area contributed by atoms with Crippen LogP contribution in [-0.2, 0) is 12.0 Å². The smallest absolute Gasteiger partial charge is 0.196 e. The maximum absolute atomic E-state index is 10.4. The van der Waals surface area contributed by atoms with Crippen molar-refractivity contribution in [3.63, 3.8) is 0 Å². The topological polar surface area (TPSA) is 74.5 Å². The van der Waals surface area contributed by atoms with E-state index in [2.05, 4.69) is 41.0 Å². The number of guanidine groups is 1. The molecule has 6 nitrogen and oxygen atoms in total. The van der Waals surface area contributed by atoms with E-state index in [9.17, 15) is 5.11 Å². The van der Waals surface area contributed by atoms with Gasteiger partial charge in [0, 0.05) is 31.5 Å². The zero-order valence-corrected chi connectivity index (χ0v) is 18.0. The SMILES string of the molecule is CC(C)(C)c1ccc(O)c(NC(=NCCCn2ccnc2)NC2CCCCC2)c1. The summed E-state index contributed by atoms with van der Waals surface area (Å²) in [6.07, 6.45) is 12.7. The number of phenolic OH excluding ortho intramolecular Hbond substituents is 1. The van der Waals surface area contributed by atoms with Crippen LogP contribution in [0.3, 0.4) is 0 Å². The van der Waals surface area contributed by atoms with Gasteiger partial charge in [0.1, 0.15) is 5.75 Å². The van der Waals surface area contributed by atoms with E-state index in [1.165, 1.54) is 37.7 Å². The third-order valence-electron chi connectivity index (χ3n) is 5.47. The van der Waals surface area contributed by atoms with Gasteiger partial charge in [0.25, 0.3) is 0 Å². The van der Waals surface area contributed by atoms with E-state index in [4.69, 9.17) is 4.99 Å². The number of nitrogens with zero attached hydrogens (tertiary/aromatic N) is 3. The van der Waals surface area contributed by atoms with Crippen LogP contribution in [-0.4, -0.2) is 33.2 Å².